The second-order valence-electron chi connectivity index (χ2n) is 10.0. The Labute approximate surface area is 210 Å². The standard InChI is InChI=1S/C25H27F3N6O3/c26-25(27,28)37-15-1-2-17(18(29)11-15)23(35)34-9-4-14(5-10-34)16-3-8-30-22-20(16)32-21(33-22)19-12-31-24(6-7-24)13-36-19/h1-3,8,11,14,19,31H,4-7,9-10,12-13,29H2,(H,30,32,33). The molecule has 1 aliphatic carbocycles. The number of alkyl halides is 3. The van der Waals surface area contributed by atoms with E-state index in [9.17, 15) is 18.0 Å². The van der Waals surface area contributed by atoms with Crippen LogP contribution in [0.3, 0.4) is 0 Å². The number of likely N-dealkylation sites (tertiary alicyclic amines) is 1. The molecule has 3 fully saturated rings. The Kier molecular flexibility index (Phi) is 5.75. The molecule has 4 N–H and O–H groups in total. The molecule has 3 aliphatic rings. The highest BCUT2D eigenvalue weighted by Gasteiger charge is 2.46. The Morgan fingerprint density at radius 3 is 2.65 bits per heavy atom. The van der Waals surface area contributed by atoms with E-state index >= 15 is 0 Å². The van der Waals surface area contributed by atoms with Crippen LogP contribution in [-0.4, -0.2) is 63.9 Å². The molecule has 1 aromatic carbocycles. The highest BCUT2D eigenvalue weighted by molar-refractivity contribution is 5.99. The lowest BCUT2D eigenvalue weighted by atomic mass is 9.89. The number of nitrogen functional groups attached to an aromatic ring is 1. The molecule has 1 spiro atoms. The lowest BCUT2D eigenvalue weighted by Gasteiger charge is -2.32. The number of aromatic nitrogens is 3. The van der Waals surface area contributed by atoms with Crippen LogP contribution in [0.2, 0.25) is 0 Å². The summed E-state index contributed by atoms with van der Waals surface area (Å²) in [5.74, 6) is 0.192. The fourth-order valence-corrected chi connectivity index (χ4v) is 5.26. The third-order valence-corrected chi connectivity index (χ3v) is 7.53. The zero-order valence-corrected chi connectivity index (χ0v) is 20.0. The van der Waals surface area contributed by atoms with E-state index in [1.165, 1.54) is 6.07 Å². The summed E-state index contributed by atoms with van der Waals surface area (Å²) in [5.41, 5.74) is 8.80. The van der Waals surface area contributed by atoms with Crippen molar-refractivity contribution in [2.45, 2.75) is 49.6 Å². The lowest BCUT2D eigenvalue weighted by molar-refractivity contribution is -0.274. The van der Waals surface area contributed by atoms with Gasteiger partial charge in [-0.3, -0.25) is 4.79 Å². The van der Waals surface area contributed by atoms with Gasteiger partial charge in [0.1, 0.15) is 17.7 Å². The number of hydrogen-bond donors (Lipinski definition) is 3. The van der Waals surface area contributed by atoms with Crippen molar-refractivity contribution >= 4 is 22.8 Å². The smallest absolute Gasteiger partial charge is 0.406 e. The minimum absolute atomic E-state index is 0.0540. The number of aromatic amines is 1. The molecule has 9 nitrogen and oxygen atoms in total. The van der Waals surface area contributed by atoms with Crippen LogP contribution in [-0.2, 0) is 4.74 Å². The summed E-state index contributed by atoms with van der Waals surface area (Å²) in [5, 5.41) is 3.58. The highest BCUT2D eigenvalue weighted by Crippen LogP contribution is 2.40. The molecular weight excluding hydrogens is 489 g/mol. The molecule has 12 heteroatoms. The van der Waals surface area contributed by atoms with E-state index in [4.69, 9.17) is 15.5 Å². The Morgan fingerprint density at radius 1 is 1.22 bits per heavy atom. The predicted molar refractivity (Wildman–Crippen MR) is 128 cm³/mol. The molecule has 4 heterocycles. The van der Waals surface area contributed by atoms with Crippen LogP contribution in [0.1, 0.15) is 59.5 Å². The van der Waals surface area contributed by atoms with Crippen LogP contribution < -0.4 is 15.8 Å². The molecule has 0 radical (unpaired) electrons. The van der Waals surface area contributed by atoms with Gasteiger partial charge in [-0.2, -0.15) is 0 Å². The summed E-state index contributed by atoms with van der Waals surface area (Å²) in [4.78, 5) is 27.3. The van der Waals surface area contributed by atoms with E-state index in [-0.39, 0.29) is 34.7 Å². The number of nitrogens with one attached hydrogen (secondary N) is 2. The number of benzene rings is 1. The second kappa shape index (κ2) is 8.88. The van der Waals surface area contributed by atoms with Crippen molar-refractivity contribution in [2.24, 2.45) is 0 Å². The fourth-order valence-electron chi connectivity index (χ4n) is 5.26. The van der Waals surface area contributed by atoms with Gasteiger partial charge in [-0.15, -0.1) is 13.2 Å². The number of piperidine rings is 1. The number of rotatable bonds is 4. The number of hydrogen-bond acceptors (Lipinski definition) is 7. The fraction of sp³-hybridized carbons (Fsp3) is 0.480. The maximum atomic E-state index is 13.0. The third kappa shape index (κ3) is 4.82. The highest BCUT2D eigenvalue weighted by atomic mass is 19.4. The maximum Gasteiger partial charge on any atom is 0.573 e. The first kappa shape index (κ1) is 24.0. The van der Waals surface area contributed by atoms with E-state index in [0.717, 1.165) is 54.7 Å². The molecule has 2 aliphatic heterocycles. The topological polar surface area (TPSA) is 118 Å². The van der Waals surface area contributed by atoms with Crippen molar-refractivity contribution in [1.82, 2.24) is 25.2 Å². The molecular formula is C25H27F3N6O3. The number of imidazole rings is 1. The van der Waals surface area contributed by atoms with Gasteiger partial charge >= 0.3 is 6.36 Å². The molecule has 1 unspecified atom stereocenters. The summed E-state index contributed by atoms with van der Waals surface area (Å²) >= 11 is 0. The van der Waals surface area contributed by atoms with Gasteiger partial charge in [0.15, 0.2) is 5.65 Å². The van der Waals surface area contributed by atoms with Crippen LogP contribution in [0.4, 0.5) is 18.9 Å². The molecule has 37 heavy (non-hydrogen) atoms. The van der Waals surface area contributed by atoms with Crippen molar-refractivity contribution < 1.29 is 27.4 Å². The molecule has 1 saturated carbocycles. The normalized spacial score (nSPS) is 21.9. The Hall–Kier alpha value is -3.38. The molecule has 2 saturated heterocycles. The number of carbonyl (C=O) groups excluding carboxylic acids is 1. The van der Waals surface area contributed by atoms with Crippen molar-refractivity contribution in [3.05, 3.63) is 47.4 Å². The second-order valence-corrected chi connectivity index (χ2v) is 10.0. The summed E-state index contributed by atoms with van der Waals surface area (Å²) < 4.78 is 47.4. The molecule has 6 rings (SSSR count). The van der Waals surface area contributed by atoms with E-state index in [1.807, 2.05) is 6.07 Å². The average molecular weight is 517 g/mol. The van der Waals surface area contributed by atoms with E-state index in [1.54, 1.807) is 11.1 Å². The van der Waals surface area contributed by atoms with Gasteiger partial charge in [-0.05, 0) is 55.4 Å². The molecule has 2 aromatic heterocycles. The molecule has 196 valence electrons. The van der Waals surface area contributed by atoms with Crippen molar-refractivity contribution in [3.63, 3.8) is 0 Å². The van der Waals surface area contributed by atoms with E-state index < -0.39 is 12.1 Å². The zero-order valence-electron chi connectivity index (χ0n) is 20.0. The first-order chi connectivity index (χ1) is 17.7. The molecule has 0 bridgehead atoms. The van der Waals surface area contributed by atoms with Gasteiger partial charge in [-0.1, -0.05) is 0 Å². The van der Waals surface area contributed by atoms with Gasteiger partial charge in [0, 0.05) is 43.1 Å². The lowest BCUT2D eigenvalue weighted by Crippen LogP contribution is -2.45. The number of amides is 1. The zero-order chi connectivity index (χ0) is 25.8. The Balaban J connectivity index is 1.13. The largest absolute Gasteiger partial charge is 0.573 e. The number of nitrogens with two attached hydrogens (primary N) is 1. The minimum atomic E-state index is -4.83. The monoisotopic (exact) mass is 516 g/mol. The van der Waals surface area contributed by atoms with Crippen molar-refractivity contribution in [2.75, 3.05) is 32.0 Å². The van der Waals surface area contributed by atoms with Gasteiger partial charge in [-0.25, -0.2) is 9.97 Å². The number of morpholine rings is 1. The van der Waals surface area contributed by atoms with Crippen LogP contribution in [0.15, 0.2) is 30.5 Å². The summed E-state index contributed by atoms with van der Waals surface area (Å²) in [6.45, 7) is 2.38. The quantitative estimate of drug-likeness (QED) is 0.453. The molecule has 3 aromatic rings. The maximum absolute atomic E-state index is 13.0. The van der Waals surface area contributed by atoms with Crippen molar-refractivity contribution in [3.8, 4) is 5.75 Å². The average Bonchev–Trinajstić information content (AvgIpc) is 3.47. The van der Waals surface area contributed by atoms with Crippen LogP contribution >= 0.6 is 0 Å². The van der Waals surface area contributed by atoms with Gasteiger partial charge in [0.25, 0.3) is 5.91 Å². The summed E-state index contributed by atoms with van der Waals surface area (Å²) in [6, 6.07) is 5.38. The van der Waals surface area contributed by atoms with Gasteiger partial charge in [0.05, 0.1) is 17.7 Å². The number of fused-ring (bicyclic) bond motifs is 1. The molecule has 1 amide bonds. The van der Waals surface area contributed by atoms with E-state index in [0.29, 0.717) is 31.9 Å². The number of carbonyl (C=O) groups is 1. The summed E-state index contributed by atoms with van der Waals surface area (Å²) in [7, 11) is 0. The number of anilines is 1. The SMILES string of the molecule is Nc1cc(OC(F)(F)F)ccc1C(=O)N1CCC(c2ccnc3nc(C4CNC5(CC5)CO4)[nH]c23)CC1. The Bertz CT molecular complexity index is 1320. The number of halogens is 3. The van der Waals surface area contributed by atoms with Crippen molar-refractivity contribution in [1.29, 1.82) is 0 Å². The molecule has 1 atom stereocenters. The predicted octanol–water partition coefficient (Wildman–Crippen LogP) is 3.65. The number of ether oxygens (including phenoxy) is 2. The van der Waals surface area contributed by atoms with Crippen LogP contribution in [0.5, 0.6) is 5.75 Å². The van der Waals surface area contributed by atoms with Crippen LogP contribution in [0.25, 0.3) is 11.2 Å². The Morgan fingerprint density at radius 2 is 2.00 bits per heavy atom. The number of nitrogens with zero attached hydrogens (tertiary/aromatic N) is 3. The third-order valence-electron chi connectivity index (χ3n) is 7.53. The first-order valence-corrected chi connectivity index (χ1v) is 12.4. The van der Waals surface area contributed by atoms with Crippen LogP contribution in [0, 0.1) is 0 Å². The number of pyridine rings is 1. The first-order valence-electron chi connectivity index (χ1n) is 12.4. The van der Waals surface area contributed by atoms with Gasteiger partial charge in [0.2, 0.25) is 0 Å². The van der Waals surface area contributed by atoms with Gasteiger partial charge < -0.3 is 30.4 Å². The minimum Gasteiger partial charge on any atom is -0.406 e. The van der Waals surface area contributed by atoms with E-state index in [2.05, 4.69) is 20.0 Å². The summed E-state index contributed by atoms with van der Waals surface area (Å²) in [6.07, 6.45) is 0.522. The number of H-pyrrole nitrogens is 1.